The van der Waals surface area contributed by atoms with Crippen LogP contribution in [-0.2, 0) is 0 Å². The molecule has 0 atom stereocenters. The minimum atomic E-state index is 0.396. The van der Waals surface area contributed by atoms with Crippen LogP contribution in [0.4, 0.5) is 0 Å². The van der Waals surface area contributed by atoms with Crippen molar-refractivity contribution in [3.05, 3.63) is 0 Å². The van der Waals surface area contributed by atoms with Gasteiger partial charge in [0.2, 0.25) is 0 Å². The number of hydrogen-bond donors (Lipinski definition) is 0. The molecule has 0 unspecified atom stereocenters. The summed E-state index contributed by atoms with van der Waals surface area (Å²) in [6.07, 6.45) is 2.59. The van der Waals surface area contributed by atoms with Crippen LogP contribution in [0.3, 0.4) is 0 Å². The van der Waals surface area contributed by atoms with Crippen LogP contribution in [0, 0.1) is 11.8 Å². The highest BCUT2D eigenvalue weighted by molar-refractivity contribution is 8.77. The molecule has 0 N–H and O–H groups in total. The van der Waals surface area contributed by atoms with Crippen molar-refractivity contribution in [2.45, 2.75) is 77.7 Å². The zero-order valence-corrected chi connectivity index (χ0v) is 14.0. The van der Waals surface area contributed by atoms with Crippen LogP contribution in [0.15, 0.2) is 0 Å². The van der Waals surface area contributed by atoms with Crippen LogP contribution < -0.4 is 0 Å². The van der Waals surface area contributed by atoms with Crippen LogP contribution in [-0.4, -0.2) is 9.49 Å². The van der Waals surface area contributed by atoms with Gasteiger partial charge in [-0.25, -0.2) is 0 Å². The van der Waals surface area contributed by atoms with Crippen molar-refractivity contribution in [1.29, 1.82) is 0 Å². The summed E-state index contributed by atoms with van der Waals surface area (Å²) >= 11 is 0. The Morgan fingerprint density at radius 1 is 0.688 bits per heavy atom. The zero-order chi connectivity index (χ0) is 13.0. The molecule has 16 heavy (non-hydrogen) atoms. The Hall–Kier alpha value is 0.700. The zero-order valence-electron chi connectivity index (χ0n) is 12.4. The van der Waals surface area contributed by atoms with Crippen LogP contribution in [0.5, 0.6) is 0 Å². The first-order valence-electron chi connectivity index (χ1n) is 6.41. The van der Waals surface area contributed by atoms with E-state index >= 15 is 0 Å². The minimum absolute atomic E-state index is 0.396. The molecule has 0 aromatic rings. The van der Waals surface area contributed by atoms with Crippen molar-refractivity contribution >= 4 is 21.6 Å². The monoisotopic (exact) mass is 262 g/mol. The number of rotatable bonds is 7. The molecule has 0 aliphatic heterocycles. The Kier molecular flexibility index (Phi) is 6.87. The van der Waals surface area contributed by atoms with E-state index in [1.54, 1.807) is 0 Å². The Morgan fingerprint density at radius 2 is 0.938 bits per heavy atom. The quantitative estimate of drug-likeness (QED) is 0.515. The molecule has 0 aliphatic rings. The van der Waals surface area contributed by atoms with Crippen LogP contribution in [0.25, 0.3) is 0 Å². The topological polar surface area (TPSA) is 0 Å². The molecular weight excluding hydrogens is 232 g/mol. The standard InChI is InChI=1S/C14H30S2/c1-11(2)9-13(5,6)15-16-14(7,8)10-12(3)4/h11-12H,9-10H2,1-8H3. The lowest BCUT2D eigenvalue weighted by Crippen LogP contribution is -2.21. The second-order valence-electron chi connectivity index (χ2n) is 6.88. The highest BCUT2D eigenvalue weighted by Gasteiger charge is 2.27. The van der Waals surface area contributed by atoms with E-state index in [0.29, 0.717) is 9.49 Å². The molecule has 98 valence electrons. The summed E-state index contributed by atoms with van der Waals surface area (Å²) in [7, 11) is 4.15. The summed E-state index contributed by atoms with van der Waals surface area (Å²) in [6, 6.07) is 0. The predicted molar refractivity (Wildman–Crippen MR) is 82.3 cm³/mol. The third kappa shape index (κ3) is 8.81. The second kappa shape index (κ2) is 6.58. The van der Waals surface area contributed by atoms with Crippen molar-refractivity contribution < 1.29 is 0 Å². The van der Waals surface area contributed by atoms with Crippen molar-refractivity contribution in [3.63, 3.8) is 0 Å². The summed E-state index contributed by atoms with van der Waals surface area (Å²) in [6.45, 7) is 18.7. The highest BCUT2D eigenvalue weighted by atomic mass is 33.1. The van der Waals surface area contributed by atoms with Crippen molar-refractivity contribution in [1.82, 2.24) is 0 Å². The summed E-state index contributed by atoms with van der Waals surface area (Å²) in [5.74, 6) is 1.58. The molecule has 0 spiro atoms. The highest BCUT2D eigenvalue weighted by Crippen LogP contribution is 2.47. The molecule has 0 fully saturated rings. The number of hydrogen-bond acceptors (Lipinski definition) is 2. The molecule has 0 saturated carbocycles. The van der Waals surface area contributed by atoms with Gasteiger partial charge in [0.1, 0.15) is 0 Å². The van der Waals surface area contributed by atoms with Crippen molar-refractivity contribution in [3.8, 4) is 0 Å². The molecule has 0 saturated heterocycles. The van der Waals surface area contributed by atoms with Gasteiger partial charge in [-0.15, -0.1) is 0 Å². The molecular formula is C14H30S2. The molecule has 0 aromatic heterocycles. The molecule has 0 nitrogen and oxygen atoms in total. The van der Waals surface area contributed by atoms with Gasteiger partial charge in [-0.05, 0) is 52.4 Å². The summed E-state index contributed by atoms with van der Waals surface area (Å²) < 4.78 is 0.792. The van der Waals surface area contributed by atoms with Gasteiger partial charge in [0.15, 0.2) is 0 Å². The van der Waals surface area contributed by atoms with Gasteiger partial charge in [-0.1, -0.05) is 49.3 Å². The van der Waals surface area contributed by atoms with E-state index in [-0.39, 0.29) is 0 Å². The lowest BCUT2D eigenvalue weighted by atomic mass is 10.00. The Morgan fingerprint density at radius 3 is 1.12 bits per heavy atom. The van der Waals surface area contributed by atoms with Gasteiger partial charge in [0.05, 0.1) is 0 Å². The Labute approximate surface area is 111 Å². The first kappa shape index (κ1) is 16.7. The molecule has 0 heterocycles. The van der Waals surface area contributed by atoms with Crippen LogP contribution in [0.1, 0.15) is 68.2 Å². The summed E-state index contributed by atoms with van der Waals surface area (Å²) in [5, 5.41) is 0. The maximum atomic E-state index is 2.37. The lowest BCUT2D eigenvalue weighted by Gasteiger charge is -2.32. The van der Waals surface area contributed by atoms with Crippen LogP contribution >= 0.6 is 21.6 Å². The van der Waals surface area contributed by atoms with E-state index < -0.39 is 0 Å². The van der Waals surface area contributed by atoms with E-state index in [9.17, 15) is 0 Å². The molecule has 2 heteroatoms. The third-order valence-electron chi connectivity index (χ3n) is 2.29. The molecule has 0 bridgehead atoms. The largest absolute Gasteiger partial charge is 0.0873 e. The minimum Gasteiger partial charge on any atom is -0.0873 e. The normalized spacial score (nSPS) is 13.9. The fourth-order valence-electron chi connectivity index (χ4n) is 2.26. The van der Waals surface area contributed by atoms with Gasteiger partial charge in [0, 0.05) is 9.49 Å². The maximum Gasteiger partial charge on any atom is 0.0210 e. The fourth-order valence-corrected chi connectivity index (χ4v) is 5.28. The SMILES string of the molecule is CC(C)CC(C)(C)SSC(C)(C)CC(C)C. The molecule has 0 aliphatic carbocycles. The van der Waals surface area contributed by atoms with Gasteiger partial charge in [-0.2, -0.15) is 0 Å². The first-order chi connectivity index (χ1) is 7.04. The van der Waals surface area contributed by atoms with Gasteiger partial charge >= 0.3 is 0 Å². The van der Waals surface area contributed by atoms with Crippen molar-refractivity contribution in [2.75, 3.05) is 0 Å². The third-order valence-corrected chi connectivity index (χ3v) is 6.57. The maximum absolute atomic E-state index is 2.37. The van der Waals surface area contributed by atoms with E-state index in [1.165, 1.54) is 12.8 Å². The predicted octanol–water partition coefficient (Wildman–Crippen LogP) is 6.02. The van der Waals surface area contributed by atoms with E-state index in [2.05, 4.69) is 77.0 Å². The average molecular weight is 263 g/mol. The fraction of sp³-hybridized carbons (Fsp3) is 1.00. The van der Waals surface area contributed by atoms with E-state index in [1.807, 2.05) is 0 Å². The smallest absolute Gasteiger partial charge is 0.0210 e. The average Bonchev–Trinajstić information content (AvgIpc) is 1.96. The lowest BCUT2D eigenvalue weighted by molar-refractivity contribution is 0.500. The molecule has 0 amide bonds. The summed E-state index contributed by atoms with van der Waals surface area (Å²) in [4.78, 5) is 0. The van der Waals surface area contributed by atoms with Gasteiger partial charge in [-0.3, -0.25) is 0 Å². The Bertz CT molecular complexity index is 171. The Balaban J connectivity index is 4.11. The van der Waals surface area contributed by atoms with Gasteiger partial charge < -0.3 is 0 Å². The van der Waals surface area contributed by atoms with Crippen molar-refractivity contribution in [2.24, 2.45) is 11.8 Å². The van der Waals surface area contributed by atoms with Gasteiger partial charge in [0.25, 0.3) is 0 Å². The molecule has 0 aromatic carbocycles. The second-order valence-corrected chi connectivity index (χ2v) is 10.4. The van der Waals surface area contributed by atoms with E-state index in [0.717, 1.165) is 11.8 Å². The van der Waals surface area contributed by atoms with Crippen LogP contribution in [0.2, 0.25) is 0 Å². The molecule has 0 radical (unpaired) electrons. The summed E-state index contributed by atoms with van der Waals surface area (Å²) in [5.41, 5.74) is 0. The van der Waals surface area contributed by atoms with E-state index in [4.69, 9.17) is 0 Å². The first-order valence-corrected chi connectivity index (χ1v) is 8.56. The molecule has 0 rings (SSSR count).